The summed E-state index contributed by atoms with van der Waals surface area (Å²) in [5.74, 6) is 0.588. The largest absolute Gasteiger partial charge is 0.378 e. The molecule has 0 saturated heterocycles. The van der Waals surface area contributed by atoms with Crippen molar-refractivity contribution in [3.63, 3.8) is 0 Å². The molecule has 86 valence electrons. The molecular formula is C10H17BrN2O2. The van der Waals surface area contributed by atoms with Crippen LogP contribution in [0.3, 0.4) is 0 Å². The molecule has 1 heterocycles. The smallest absolute Gasteiger partial charge is 0.281 e. The lowest BCUT2D eigenvalue weighted by Gasteiger charge is -2.04. The molecule has 0 saturated carbocycles. The highest BCUT2D eigenvalue weighted by Gasteiger charge is 2.11. The van der Waals surface area contributed by atoms with Gasteiger partial charge in [-0.25, -0.2) is 0 Å². The Morgan fingerprint density at radius 2 is 2.20 bits per heavy atom. The molecule has 0 fully saturated rings. The zero-order chi connectivity index (χ0) is 11.4. The van der Waals surface area contributed by atoms with E-state index >= 15 is 0 Å². The summed E-state index contributed by atoms with van der Waals surface area (Å²) in [5.41, 5.74) is 0.786. The molecule has 5 heteroatoms. The standard InChI is InChI=1S/C10H17BrN2O2/c1-7(2)4-5-13-10(14)9(11)8(12-13)6-15-3/h7,12H,4-6H2,1-3H3. The van der Waals surface area contributed by atoms with Gasteiger partial charge in [-0.1, -0.05) is 13.8 Å². The number of nitrogens with zero attached hydrogens (tertiary/aromatic N) is 1. The van der Waals surface area contributed by atoms with Crippen molar-refractivity contribution in [2.45, 2.75) is 33.4 Å². The quantitative estimate of drug-likeness (QED) is 0.896. The van der Waals surface area contributed by atoms with E-state index in [9.17, 15) is 4.79 Å². The van der Waals surface area contributed by atoms with Crippen LogP contribution in [0, 0.1) is 5.92 Å². The molecule has 4 nitrogen and oxygen atoms in total. The third-order valence-corrected chi connectivity index (χ3v) is 3.00. The van der Waals surface area contributed by atoms with Gasteiger partial charge < -0.3 is 4.74 Å². The van der Waals surface area contributed by atoms with Crippen molar-refractivity contribution < 1.29 is 4.74 Å². The molecule has 0 amide bonds. The van der Waals surface area contributed by atoms with Crippen molar-refractivity contribution in [2.75, 3.05) is 7.11 Å². The van der Waals surface area contributed by atoms with Crippen LogP contribution < -0.4 is 5.56 Å². The van der Waals surface area contributed by atoms with Crippen LogP contribution >= 0.6 is 15.9 Å². The zero-order valence-corrected chi connectivity index (χ0v) is 10.9. The number of rotatable bonds is 5. The Balaban J connectivity index is 2.81. The first kappa shape index (κ1) is 12.5. The number of aryl methyl sites for hydroxylation is 1. The van der Waals surface area contributed by atoms with E-state index in [0.717, 1.165) is 18.7 Å². The Labute approximate surface area is 97.7 Å². The van der Waals surface area contributed by atoms with Crippen LogP contribution in [0.2, 0.25) is 0 Å². The SMILES string of the molecule is COCc1[nH]n(CCC(C)C)c(=O)c1Br. The van der Waals surface area contributed by atoms with Crippen LogP contribution in [0.1, 0.15) is 26.0 Å². The maximum absolute atomic E-state index is 11.7. The van der Waals surface area contributed by atoms with Crippen LogP contribution in [-0.2, 0) is 17.9 Å². The topological polar surface area (TPSA) is 47.0 Å². The fourth-order valence-corrected chi connectivity index (χ4v) is 1.71. The average molecular weight is 277 g/mol. The second-order valence-electron chi connectivity index (χ2n) is 3.98. The summed E-state index contributed by atoms with van der Waals surface area (Å²) in [4.78, 5) is 11.7. The van der Waals surface area contributed by atoms with Gasteiger partial charge in [0.2, 0.25) is 0 Å². The molecule has 0 bridgehead atoms. The van der Waals surface area contributed by atoms with Gasteiger partial charge in [0.15, 0.2) is 0 Å². The van der Waals surface area contributed by atoms with Crippen molar-refractivity contribution in [1.82, 2.24) is 9.78 Å². The van der Waals surface area contributed by atoms with Crippen molar-refractivity contribution in [3.05, 3.63) is 20.5 Å². The molecule has 1 rings (SSSR count). The molecule has 15 heavy (non-hydrogen) atoms. The van der Waals surface area contributed by atoms with Crippen LogP contribution in [0.4, 0.5) is 0 Å². The number of halogens is 1. The summed E-state index contributed by atoms with van der Waals surface area (Å²) in [6, 6.07) is 0. The normalized spacial score (nSPS) is 11.3. The highest BCUT2D eigenvalue weighted by molar-refractivity contribution is 9.10. The summed E-state index contributed by atoms with van der Waals surface area (Å²) in [5, 5.41) is 3.04. The molecule has 1 aromatic rings. The second kappa shape index (κ2) is 5.51. The average Bonchev–Trinajstić information content (AvgIpc) is 2.44. The van der Waals surface area contributed by atoms with E-state index < -0.39 is 0 Å². The molecule has 0 aliphatic carbocycles. The summed E-state index contributed by atoms with van der Waals surface area (Å²) >= 11 is 3.26. The van der Waals surface area contributed by atoms with E-state index in [1.54, 1.807) is 11.8 Å². The minimum atomic E-state index is -0.0114. The molecular weight excluding hydrogens is 260 g/mol. The number of H-pyrrole nitrogens is 1. The predicted octanol–water partition coefficient (Wildman–Crippen LogP) is 2.13. The van der Waals surface area contributed by atoms with Gasteiger partial charge in [-0.3, -0.25) is 14.6 Å². The molecule has 1 N–H and O–H groups in total. The third-order valence-electron chi connectivity index (χ3n) is 2.19. The minimum Gasteiger partial charge on any atom is -0.378 e. The first-order valence-corrected chi connectivity index (χ1v) is 5.81. The maximum Gasteiger partial charge on any atom is 0.281 e. The number of ether oxygens (including phenoxy) is 1. The van der Waals surface area contributed by atoms with Crippen LogP contribution in [0.5, 0.6) is 0 Å². The van der Waals surface area contributed by atoms with E-state index in [1.165, 1.54) is 0 Å². The lowest BCUT2D eigenvalue weighted by atomic mass is 10.1. The van der Waals surface area contributed by atoms with Crippen molar-refractivity contribution in [1.29, 1.82) is 0 Å². The van der Waals surface area contributed by atoms with Gasteiger partial charge in [-0.05, 0) is 28.3 Å². The van der Waals surface area contributed by atoms with Gasteiger partial charge in [-0.15, -0.1) is 0 Å². The maximum atomic E-state index is 11.7. The zero-order valence-electron chi connectivity index (χ0n) is 9.34. The van der Waals surface area contributed by atoms with Crippen molar-refractivity contribution in [3.8, 4) is 0 Å². The Bertz CT molecular complexity index is 368. The van der Waals surface area contributed by atoms with E-state index in [2.05, 4.69) is 34.9 Å². The highest BCUT2D eigenvalue weighted by atomic mass is 79.9. The molecule has 0 radical (unpaired) electrons. The Hall–Kier alpha value is -0.550. The van der Waals surface area contributed by atoms with E-state index in [1.807, 2.05) is 0 Å². The van der Waals surface area contributed by atoms with Gasteiger partial charge in [0.1, 0.15) is 4.47 Å². The van der Waals surface area contributed by atoms with Crippen LogP contribution in [0.15, 0.2) is 9.27 Å². The van der Waals surface area contributed by atoms with Gasteiger partial charge in [0, 0.05) is 13.7 Å². The lowest BCUT2D eigenvalue weighted by Crippen LogP contribution is -2.17. The van der Waals surface area contributed by atoms with Gasteiger partial charge in [0.05, 0.1) is 12.3 Å². The molecule has 0 unspecified atom stereocenters. The fourth-order valence-electron chi connectivity index (χ4n) is 1.30. The minimum absolute atomic E-state index is 0.0114. The predicted molar refractivity (Wildman–Crippen MR) is 62.9 cm³/mol. The van der Waals surface area contributed by atoms with Gasteiger partial charge >= 0.3 is 0 Å². The van der Waals surface area contributed by atoms with Crippen molar-refractivity contribution >= 4 is 15.9 Å². The number of methoxy groups -OCH3 is 1. The fraction of sp³-hybridized carbons (Fsp3) is 0.700. The first-order valence-electron chi connectivity index (χ1n) is 5.02. The Kier molecular flexibility index (Phi) is 4.60. The molecule has 1 aromatic heterocycles. The van der Waals surface area contributed by atoms with Crippen LogP contribution in [0.25, 0.3) is 0 Å². The lowest BCUT2D eigenvalue weighted by molar-refractivity contribution is 0.180. The summed E-state index contributed by atoms with van der Waals surface area (Å²) < 4.78 is 7.19. The number of aromatic amines is 1. The summed E-state index contributed by atoms with van der Waals surface area (Å²) in [7, 11) is 1.61. The monoisotopic (exact) mass is 276 g/mol. The van der Waals surface area contributed by atoms with Gasteiger partial charge in [0.25, 0.3) is 5.56 Å². The first-order chi connectivity index (χ1) is 7.06. The number of nitrogens with one attached hydrogen (secondary N) is 1. The molecule has 0 aliphatic heterocycles. The second-order valence-corrected chi connectivity index (χ2v) is 4.77. The molecule has 0 aromatic carbocycles. The number of aromatic nitrogens is 2. The van der Waals surface area contributed by atoms with Gasteiger partial charge in [-0.2, -0.15) is 0 Å². The van der Waals surface area contributed by atoms with E-state index in [4.69, 9.17) is 4.74 Å². The van der Waals surface area contributed by atoms with E-state index in [-0.39, 0.29) is 5.56 Å². The summed E-state index contributed by atoms with van der Waals surface area (Å²) in [6.07, 6.45) is 0.985. The van der Waals surface area contributed by atoms with Crippen LogP contribution in [-0.4, -0.2) is 16.9 Å². The van der Waals surface area contributed by atoms with Crippen molar-refractivity contribution in [2.24, 2.45) is 5.92 Å². The number of hydrogen-bond acceptors (Lipinski definition) is 2. The highest BCUT2D eigenvalue weighted by Crippen LogP contribution is 2.11. The molecule has 0 spiro atoms. The Morgan fingerprint density at radius 3 is 2.73 bits per heavy atom. The molecule has 0 aliphatic rings. The van der Waals surface area contributed by atoms with E-state index in [0.29, 0.717) is 17.0 Å². The Morgan fingerprint density at radius 1 is 1.53 bits per heavy atom. The molecule has 0 atom stereocenters. The summed E-state index contributed by atoms with van der Waals surface area (Å²) in [6.45, 7) is 5.42. The third kappa shape index (κ3) is 3.21. The number of hydrogen-bond donors (Lipinski definition) is 1.